The summed E-state index contributed by atoms with van der Waals surface area (Å²) in [4.78, 5) is 15.6. The maximum absolute atomic E-state index is 5.28. The van der Waals surface area contributed by atoms with Gasteiger partial charge < -0.3 is 4.57 Å². The first-order chi connectivity index (χ1) is 27.6. The average Bonchev–Trinajstić information content (AvgIpc) is 3.80. The SMILES string of the molecule is CC1(C)c2ccc(-n3c4ccccc4c4c5c6ccc7ccccc7c6n(-c6nc(-c7ccccc7)nc(-c7ccccc7)n6)c5ccc43)cc2C(C)(C)C1(C)C. The predicted molar refractivity (Wildman–Crippen MR) is 237 cm³/mol. The van der Waals surface area contributed by atoms with Gasteiger partial charge in [0.05, 0.1) is 22.1 Å². The van der Waals surface area contributed by atoms with Crippen LogP contribution in [0.25, 0.3) is 88.8 Å². The molecule has 0 saturated carbocycles. The summed E-state index contributed by atoms with van der Waals surface area (Å²) in [6.45, 7) is 14.5. The first-order valence-corrected chi connectivity index (χ1v) is 20.0. The summed E-state index contributed by atoms with van der Waals surface area (Å²) in [6, 6.07) is 54.3. The van der Waals surface area contributed by atoms with Crippen molar-refractivity contribution in [2.45, 2.75) is 52.4 Å². The fourth-order valence-electron chi connectivity index (χ4n) is 9.90. The number of rotatable bonds is 4. The molecule has 0 aliphatic heterocycles. The van der Waals surface area contributed by atoms with E-state index < -0.39 is 0 Å². The quantitative estimate of drug-likeness (QED) is 0.181. The Bertz CT molecular complexity index is 3200. The predicted octanol–water partition coefficient (Wildman–Crippen LogP) is 13.1. The lowest BCUT2D eigenvalue weighted by atomic mass is 9.59. The van der Waals surface area contributed by atoms with Crippen molar-refractivity contribution in [3.8, 4) is 34.4 Å². The Morgan fingerprint density at radius 3 is 1.67 bits per heavy atom. The van der Waals surface area contributed by atoms with Crippen LogP contribution in [0.15, 0.2) is 152 Å². The molecule has 5 nitrogen and oxygen atoms in total. The van der Waals surface area contributed by atoms with E-state index in [1.807, 2.05) is 36.4 Å². The van der Waals surface area contributed by atoms with Crippen LogP contribution in [0.5, 0.6) is 0 Å². The van der Waals surface area contributed by atoms with E-state index in [2.05, 4.69) is 166 Å². The lowest BCUT2D eigenvalue weighted by molar-refractivity contribution is 0.125. The minimum atomic E-state index is -0.00983. The van der Waals surface area contributed by atoms with Crippen LogP contribution >= 0.6 is 0 Å². The van der Waals surface area contributed by atoms with Gasteiger partial charge in [0.1, 0.15) is 0 Å². The maximum Gasteiger partial charge on any atom is 0.238 e. The number of hydrogen-bond donors (Lipinski definition) is 0. The van der Waals surface area contributed by atoms with Gasteiger partial charge in [0.25, 0.3) is 0 Å². The molecular weight excluding hydrogens is 695 g/mol. The van der Waals surface area contributed by atoms with Crippen molar-refractivity contribution in [1.82, 2.24) is 24.1 Å². The van der Waals surface area contributed by atoms with E-state index >= 15 is 0 Å². The summed E-state index contributed by atoms with van der Waals surface area (Å²) in [5, 5.41) is 7.12. The second-order valence-corrected chi connectivity index (χ2v) is 17.3. The van der Waals surface area contributed by atoms with Crippen LogP contribution in [0.2, 0.25) is 0 Å². The molecule has 11 rings (SSSR count). The van der Waals surface area contributed by atoms with E-state index in [1.165, 1.54) is 54.8 Å². The highest BCUT2D eigenvalue weighted by atomic mass is 15.2. The van der Waals surface area contributed by atoms with E-state index in [-0.39, 0.29) is 16.2 Å². The van der Waals surface area contributed by atoms with Crippen LogP contribution in [0.3, 0.4) is 0 Å². The van der Waals surface area contributed by atoms with E-state index in [4.69, 9.17) is 15.0 Å². The first kappa shape index (κ1) is 33.7. The van der Waals surface area contributed by atoms with E-state index in [0.29, 0.717) is 17.6 Å². The number of fused-ring (bicyclic) bond motifs is 10. The van der Waals surface area contributed by atoms with Crippen molar-refractivity contribution < 1.29 is 0 Å². The van der Waals surface area contributed by atoms with Gasteiger partial charge in [0.2, 0.25) is 5.95 Å². The van der Waals surface area contributed by atoms with Crippen molar-refractivity contribution in [1.29, 1.82) is 0 Å². The molecule has 0 saturated heterocycles. The molecule has 3 aromatic heterocycles. The minimum Gasteiger partial charge on any atom is -0.309 e. The lowest BCUT2D eigenvalue weighted by Gasteiger charge is -2.44. The average molecular weight is 738 g/mol. The summed E-state index contributed by atoms with van der Waals surface area (Å²) < 4.78 is 4.76. The van der Waals surface area contributed by atoms with Gasteiger partial charge in [-0.1, -0.05) is 163 Å². The fourth-order valence-corrected chi connectivity index (χ4v) is 9.90. The molecule has 0 spiro atoms. The van der Waals surface area contributed by atoms with E-state index in [9.17, 15) is 0 Å². The highest BCUT2D eigenvalue weighted by Gasteiger charge is 2.56. The third kappa shape index (κ3) is 4.54. The van der Waals surface area contributed by atoms with E-state index in [1.54, 1.807) is 0 Å². The molecule has 276 valence electrons. The van der Waals surface area contributed by atoms with Crippen LogP contribution in [-0.4, -0.2) is 24.1 Å². The molecular formula is C52H43N5. The zero-order valence-electron chi connectivity index (χ0n) is 33.2. The highest BCUT2D eigenvalue weighted by molar-refractivity contribution is 6.31. The zero-order chi connectivity index (χ0) is 38.8. The molecule has 7 aromatic carbocycles. The Morgan fingerprint density at radius 1 is 0.421 bits per heavy atom. The Balaban J connectivity index is 1.26. The number of aromatic nitrogens is 5. The summed E-state index contributed by atoms with van der Waals surface area (Å²) in [6.07, 6.45) is 0. The highest BCUT2D eigenvalue weighted by Crippen LogP contribution is 2.61. The topological polar surface area (TPSA) is 48.5 Å². The Hall–Kier alpha value is -6.59. The largest absolute Gasteiger partial charge is 0.309 e. The smallest absolute Gasteiger partial charge is 0.238 e. The van der Waals surface area contributed by atoms with E-state index in [0.717, 1.165) is 27.5 Å². The number of nitrogens with zero attached hydrogens (tertiary/aromatic N) is 5. The van der Waals surface area contributed by atoms with Crippen molar-refractivity contribution >= 4 is 54.4 Å². The molecule has 5 heteroatoms. The molecule has 0 amide bonds. The first-order valence-electron chi connectivity index (χ1n) is 20.0. The number of benzene rings is 7. The van der Waals surface area contributed by atoms with Crippen LogP contribution in [0.4, 0.5) is 0 Å². The van der Waals surface area contributed by atoms with Gasteiger partial charge in [-0.05, 0) is 63.1 Å². The summed E-state index contributed by atoms with van der Waals surface area (Å²) >= 11 is 0. The van der Waals surface area contributed by atoms with Gasteiger partial charge >= 0.3 is 0 Å². The van der Waals surface area contributed by atoms with Gasteiger partial charge in [0, 0.05) is 43.7 Å². The third-order valence-corrected chi connectivity index (χ3v) is 14.1. The van der Waals surface area contributed by atoms with Gasteiger partial charge in [-0.15, -0.1) is 0 Å². The maximum atomic E-state index is 5.28. The molecule has 3 heterocycles. The molecule has 0 bridgehead atoms. The van der Waals surface area contributed by atoms with Gasteiger partial charge in [-0.3, -0.25) is 4.57 Å². The monoisotopic (exact) mass is 737 g/mol. The van der Waals surface area contributed by atoms with Gasteiger partial charge in [-0.2, -0.15) is 9.97 Å². The van der Waals surface area contributed by atoms with Crippen LogP contribution in [0, 0.1) is 5.41 Å². The van der Waals surface area contributed by atoms with Crippen LogP contribution in [0.1, 0.15) is 52.7 Å². The lowest BCUT2D eigenvalue weighted by Crippen LogP contribution is -2.42. The standard InChI is InChI=1S/C52H43N5/c1-50(2)39-28-26-35(31-40(39)51(3,4)52(50,5)6)56-41-24-16-15-23-37(41)44-42(56)29-30-43-45(44)38-27-25-32-17-13-14-22-36(32)46(38)57(43)49-54-47(33-18-9-7-10-19-33)53-48(55-49)34-20-11-8-12-21-34/h7-31H,1-6H3. The third-order valence-electron chi connectivity index (χ3n) is 14.1. The molecule has 0 atom stereocenters. The molecule has 1 aliphatic carbocycles. The number of para-hydroxylation sites is 1. The van der Waals surface area contributed by atoms with Crippen LogP contribution < -0.4 is 0 Å². The molecule has 0 radical (unpaired) electrons. The van der Waals surface area contributed by atoms with Crippen molar-refractivity contribution in [3.05, 3.63) is 163 Å². The zero-order valence-corrected chi connectivity index (χ0v) is 33.2. The molecule has 0 N–H and O–H groups in total. The Morgan fingerprint density at radius 2 is 0.982 bits per heavy atom. The van der Waals surface area contributed by atoms with Crippen LogP contribution in [-0.2, 0) is 10.8 Å². The summed E-state index contributed by atoms with van der Waals surface area (Å²) in [5.41, 5.74) is 10.6. The molecule has 0 fully saturated rings. The summed E-state index contributed by atoms with van der Waals surface area (Å²) in [5.74, 6) is 1.87. The van der Waals surface area contributed by atoms with Crippen molar-refractivity contribution in [3.63, 3.8) is 0 Å². The molecule has 1 aliphatic rings. The molecule has 57 heavy (non-hydrogen) atoms. The Labute approximate surface area is 332 Å². The molecule has 0 unspecified atom stereocenters. The fraction of sp³-hybridized carbons (Fsp3) is 0.173. The number of hydrogen-bond acceptors (Lipinski definition) is 3. The van der Waals surface area contributed by atoms with Crippen molar-refractivity contribution in [2.24, 2.45) is 5.41 Å². The van der Waals surface area contributed by atoms with Crippen molar-refractivity contribution in [2.75, 3.05) is 0 Å². The second-order valence-electron chi connectivity index (χ2n) is 17.3. The minimum absolute atomic E-state index is 0.00983. The Kier molecular flexibility index (Phi) is 6.93. The summed E-state index contributed by atoms with van der Waals surface area (Å²) in [7, 11) is 0. The van der Waals surface area contributed by atoms with Gasteiger partial charge in [-0.25, -0.2) is 4.98 Å². The van der Waals surface area contributed by atoms with Gasteiger partial charge in [0.15, 0.2) is 11.6 Å². The second kappa shape index (κ2) is 11.7. The molecule has 10 aromatic rings. The normalized spacial score (nSPS) is 15.6.